The minimum Gasteiger partial charge on any atom is -0.324 e. The Labute approximate surface area is 80.7 Å². The van der Waals surface area contributed by atoms with Crippen molar-refractivity contribution in [1.29, 1.82) is 0 Å². The van der Waals surface area contributed by atoms with Gasteiger partial charge >= 0.3 is 0 Å². The molecule has 0 fully saturated rings. The molecule has 1 aromatic carbocycles. The first-order valence-corrected chi connectivity index (χ1v) is 4.33. The molecule has 14 heavy (non-hydrogen) atoms. The molecule has 0 radical (unpaired) electrons. The van der Waals surface area contributed by atoms with Crippen LogP contribution >= 0.6 is 0 Å². The monoisotopic (exact) mass is 203 g/mol. The van der Waals surface area contributed by atoms with Crippen molar-refractivity contribution in [2.45, 2.75) is 19.9 Å². The summed E-state index contributed by atoms with van der Waals surface area (Å²) in [6.07, 6.45) is 0. The molecular weight excluding hydrogens is 191 g/mol. The maximum absolute atomic E-state index is 13.2. The molecule has 1 aromatic rings. The van der Waals surface area contributed by atoms with E-state index in [9.17, 15) is 13.2 Å². The van der Waals surface area contributed by atoms with E-state index in [2.05, 4.69) is 0 Å². The summed E-state index contributed by atoms with van der Waals surface area (Å²) in [4.78, 5) is 0. The average molecular weight is 203 g/mol. The molecule has 1 rings (SSSR count). The second-order valence-corrected chi connectivity index (χ2v) is 3.55. The van der Waals surface area contributed by atoms with E-state index >= 15 is 0 Å². The molecule has 4 heteroatoms. The van der Waals surface area contributed by atoms with Gasteiger partial charge in [0.1, 0.15) is 17.5 Å². The Morgan fingerprint density at radius 3 is 1.86 bits per heavy atom. The summed E-state index contributed by atoms with van der Waals surface area (Å²) in [5, 5.41) is 0. The maximum Gasteiger partial charge on any atom is 0.133 e. The van der Waals surface area contributed by atoms with Crippen molar-refractivity contribution in [2.24, 2.45) is 11.7 Å². The summed E-state index contributed by atoms with van der Waals surface area (Å²) < 4.78 is 38.9. The molecule has 0 amide bonds. The first kappa shape index (κ1) is 11.0. The lowest BCUT2D eigenvalue weighted by Gasteiger charge is -2.17. The number of hydrogen-bond acceptors (Lipinski definition) is 1. The fraction of sp³-hybridized carbons (Fsp3) is 0.400. The van der Waals surface area contributed by atoms with E-state index in [1.165, 1.54) is 0 Å². The summed E-state index contributed by atoms with van der Waals surface area (Å²) in [6, 6.07) is 0.525. The SMILES string of the molecule is CC(C)[C@@H](N)c1c(F)cc(F)cc1F. The molecule has 0 saturated heterocycles. The van der Waals surface area contributed by atoms with Crippen molar-refractivity contribution in [3.8, 4) is 0 Å². The van der Waals surface area contributed by atoms with Crippen LogP contribution in [0.5, 0.6) is 0 Å². The zero-order valence-electron chi connectivity index (χ0n) is 8.02. The first-order valence-electron chi connectivity index (χ1n) is 4.33. The predicted octanol–water partition coefficient (Wildman–Crippen LogP) is 2.76. The van der Waals surface area contributed by atoms with E-state index in [1.807, 2.05) is 0 Å². The van der Waals surface area contributed by atoms with E-state index < -0.39 is 23.5 Å². The van der Waals surface area contributed by atoms with Crippen molar-refractivity contribution < 1.29 is 13.2 Å². The molecule has 78 valence electrons. The molecule has 0 aliphatic carbocycles. The smallest absolute Gasteiger partial charge is 0.133 e. The molecule has 0 aromatic heterocycles. The van der Waals surface area contributed by atoms with Gasteiger partial charge in [0.2, 0.25) is 0 Å². The fourth-order valence-electron chi connectivity index (χ4n) is 1.21. The van der Waals surface area contributed by atoms with Gasteiger partial charge in [-0.2, -0.15) is 0 Å². The fourth-order valence-corrected chi connectivity index (χ4v) is 1.21. The summed E-state index contributed by atoms with van der Waals surface area (Å²) in [7, 11) is 0. The van der Waals surface area contributed by atoms with Gasteiger partial charge in [-0.15, -0.1) is 0 Å². The second-order valence-electron chi connectivity index (χ2n) is 3.55. The van der Waals surface area contributed by atoms with E-state index in [4.69, 9.17) is 5.73 Å². The second kappa shape index (κ2) is 4.00. The number of rotatable bonds is 2. The third kappa shape index (κ3) is 2.07. The summed E-state index contributed by atoms with van der Waals surface area (Å²) >= 11 is 0. The minimum absolute atomic E-state index is 0.107. The number of nitrogens with two attached hydrogens (primary N) is 1. The van der Waals surface area contributed by atoms with Crippen LogP contribution in [0.2, 0.25) is 0 Å². The van der Waals surface area contributed by atoms with E-state index in [1.54, 1.807) is 13.8 Å². The van der Waals surface area contributed by atoms with Gasteiger partial charge in [-0.05, 0) is 5.92 Å². The highest BCUT2D eigenvalue weighted by Crippen LogP contribution is 2.25. The van der Waals surface area contributed by atoms with Crippen LogP contribution in [0, 0.1) is 23.4 Å². The van der Waals surface area contributed by atoms with Crippen molar-refractivity contribution >= 4 is 0 Å². The van der Waals surface area contributed by atoms with Crippen LogP contribution in [0.25, 0.3) is 0 Å². The van der Waals surface area contributed by atoms with Crippen LogP contribution in [-0.2, 0) is 0 Å². The van der Waals surface area contributed by atoms with Crippen molar-refractivity contribution in [3.63, 3.8) is 0 Å². The lowest BCUT2D eigenvalue weighted by molar-refractivity contribution is 0.446. The zero-order valence-corrected chi connectivity index (χ0v) is 8.02. The van der Waals surface area contributed by atoms with Crippen molar-refractivity contribution in [3.05, 3.63) is 35.1 Å². The molecule has 0 heterocycles. The highest BCUT2D eigenvalue weighted by molar-refractivity contribution is 5.24. The average Bonchev–Trinajstić information content (AvgIpc) is 2.01. The van der Waals surface area contributed by atoms with Crippen LogP contribution in [-0.4, -0.2) is 0 Å². The van der Waals surface area contributed by atoms with Crippen molar-refractivity contribution in [2.75, 3.05) is 0 Å². The Hall–Kier alpha value is -1.03. The van der Waals surface area contributed by atoms with Gasteiger partial charge in [-0.1, -0.05) is 13.8 Å². The summed E-state index contributed by atoms with van der Waals surface area (Å²) in [6.45, 7) is 3.49. The van der Waals surface area contributed by atoms with Gasteiger partial charge in [-0.25, -0.2) is 13.2 Å². The topological polar surface area (TPSA) is 26.0 Å². The molecule has 0 saturated carbocycles. The van der Waals surface area contributed by atoms with Gasteiger partial charge in [0.15, 0.2) is 0 Å². The number of benzene rings is 1. The number of halogens is 3. The van der Waals surface area contributed by atoms with E-state index in [-0.39, 0.29) is 11.5 Å². The largest absolute Gasteiger partial charge is 0.324 e. The van der Waals surface area contributed by atoms with E-state index in [0.29, 0.717) is 12.1 Å². The first-order chi connectivity index (χ1) is 6.43. The van der Waals surface area contributed by atoms with Gasteiger partial charge < -0.3 is 5.73 Å². The van der Waals surface area contributed by atoms with E-state index in [0.717, 1.165) is 0 Å². The van der Waals surface area contributed by atoms with Crippen LogP contribution in [0.1, 0.15) is 25.5 Å². The summed E-state index contributed by atoms with van der Waals surface area (Å²) in [5.41, 5.74) is 5.34. The van der Waals surface area contributed by atoms with Gasteiger partial charge in [0.05, 0.1) is 0 Å². The quantitative estimate of drug-likeness (QED) is 0.785. The predicted molar refractivity (Wildman–Crippen MR) is 48.1 cm³/mol. The third-order valence-corrected chi connectivity index (χ3v) is 2.10. The Balaban J connectivity index is 3.20. The molecule has 1 nitrogen and oxygen atoms in total. The van der Waals surface area contributed by atoms with Crippen molar-refractivity contribution in [1.82, 2.24) is 0 Å². The van der Waals surface area contributed by atoms with Gasteiger partial charge in [0, 0.05) is 23.7 Å². The Morgan fingerprint density at radius 1 is 1.07 bits per heavy atom. The molecule has 0 bridgehead atoms. The van der Waals surface area contributed by atoms with Crippen LogP contribution in [0.4, 0.5) is 13.2 Å². The Morgan fingerprint density at radius 2 is 1.50 bits per heavy atom. The van der Waals surface area contributed by atoms with Crippen LogP contribution < -0.4 is 5.73 Å². The molecular formula is C10H12F3N. The van der Waals surface area contributed by atoms with Gasteiger partial charge in [0.25, 0.3) is 0 Å². The normalized spacial score (nSPS) is 13.4. The lowest BCUT2D eigenvalue weighted by Crippen LogP contribution is -2.20. The summed E-state index contributed by atoms with van der Waals surface area (Å²) in [5.74, 6) is -2.89. The minimum atomic E-state index is -0.931. The maximum atomic E-state index is 13.2. The molecule has 2 N–H and O–H groups in total. The molecule has 1 atom stereocenters. The van der Waals surface area contributed by atoms with Gasteiger partial charge in [-0.3, -0.25) is 0 Å². The number of hydrogen-bond donors (Lipinski definition) is 1. The standard InChI is InChI=1S/C10H12F3N/c1-5(2)10(14)9-7(12)3-6(11)4-8(9)13/h3-5,10H,14H2,1-2H3/t10-/m1/s1. The highest BCUT2D eigenvalue weighted by Gasteiger charge is 2.20. The Kier molecular flexibility index (Phi) is 3.16. The molecule has 0 spiro atoms. The highest BCUT2D eigenvalue weighted by atomic mass is 19.1. The zero-order chi connectivity index (χ0) is 10.9. The molecule has 0 aliphatic heterocycles. The molecule has 0 aliphatic rings. The molecule has 0 unspecified atom stereocenters. The Bertz CT molecular complexity index is 313. The lowest BCUT2D eigenvalue weighted by atomic mass is 9.96. The van der Waals surface area contributed by atoms with Crippen LogP contribution in [0.15, 0.2) is 12.1 Å². The van der Waals surface area contributed by atoms with Crippen LogP contribution in [0.3, 0.4) is 0 Å². The third-order valence-electron chi connectivity index (χ3n) is 2.10.